The van der Waals surface area contributed by atoms with Gasteiger partial charge in [0, 0.05) is 26.5 Å². The molecule has 30 heavy (non-hydrogen) atoms. The Morgan fingerprint density at radius 3 is 1.87 bits per heavy atom. The van der Waals surface area contributed by atoms with Gasteiger partial charge in [0.25, 0.3) is 0 Å². The third-order valence-corrected chi connectivity index (χ3v) is 4.62. The fourth-order valence-corrected chi connectivity index (χ4v) is 3.11. The number of rotatable bonds is 7. The van der Waals surface area contributed by atoms with Gasteiger partial charge in [-0.25, -0.2) is 14.0 Å². The molecule has 0 radical (unpaired) electrons. The standard InChI is InChI=1S/C21H23FN4O4/c1-13-18(9-25(3)23-13)20(27)29-11-16(15-6-5-7-17(22)8-15)12-30-21(28)19-10-26(4)24-14(19)2/h5-10,16H,11-12H2,1-4H3. The summed E-state index contributed by atoms with van der Waals surface area (Å²) in [6.07, 6.45) is 3.14. The first-order valence-corrected chi connectivity index (χ1v) is 9.34. The molecule has 1 aromatic carbocycles. The van der Waals surface area contributed by atoms with Crippen molar-refractivity contribution >= 4 is 11.9 Å². The fraction of sp³-hybridized carbons (Fsp3) is 0.333. The molecule has 0 unspecified atom stereocenters. The van der Waals surface area contributed by atoms with Gasteiger partial charge in [0.1, 0.15) is 30.2 Å². The molecule has 0 aliphatic carbocycles. The molecule has 0 aliphatic rings. The van der Waals surface area contributed by atoms with Gasteiger partial charge in [-0.2, -0.15) is 10.2 Å². The Hall–Kier alpha value is -3.49. The first-order chi connectivity index (χ1) is 14.2. The number of nitrogens with zero attached hydrogens (tertiary/aromatic N) is 4. The Bertz CT molecular complexity index is 1010. The monoisotopic (exact) mass is 414 g/mol. The summed E-state index contributed by atoms with van der Waals surface area (Å²) in [6.45, 7) is 3.24. The molecule has 0 atom stereocenters. The third-order valence-electron chi connectivity index (χ3n) is 4.62. The highest BCUT2D eigenvalue weighted by Crippen LogP contribution is 2.20. The normalized spacial score (nSPS) is 11.0. The Morgan fingerprint density at radius 1 is 0.967 bits per heavy atom. The summed E-state index contributed by atoms with van der Waals surface area (Å²) in [4.78, 5) is 24.8. The maximum atomic E-state index is 13.7. The lowest BCUT2D eigenvalue weighted by atomic mass is 10.0. The van der Waals surface area contributed by atoms with E-state index in [1.54, 1.807) is 52.5 Å². The number of aromatic nitrogens is 4. The van der Waals surface area contributed by atoms with Crippen LogP contribution in [0.2, 0.25) is 0 Å². The molecule has 0 saturated carbocycles. The van der Waals surface area contributed by atoms with Gasteiger partial charge in [0.05, 0.1) is 17.3 Å². The van der Waals surface area contributed by atoms with E-state index in [1.807, 2.05) is 0 Å². The Labute approximate surface area is 173 Å². The van der Waals surface area contributed by atoms with E-state index in [4.69, 9.17) is 9.47 Å². The number of halogens is 1. The van der Waals surface area contributed by atoms with Gasteiger partial charge in [-0.05, 0) is 31.5 Å². The molecule has 8 nitrogen and oxygen atoms in total. The second-order valence-electron chi connectivity index (χ2n) is 7.05. The lowest BCUT2D eigenvalue weighted by Crippen LogP contribution is -2.20. The van der Waals surface area contributed by atoms with Gasteiger partial charge >= 0.3 is 11.9 Å². The molecule has 0 bridgehead atoms. The van der Waals surface area contributed by atoms with Crippen molar-refractivity contribution in [3.63, 3.8) is 0 Å². The van der Waals surface area contributed by atoms with Crippen molar-refractivity contribution in [1.29, 1.82) is 0 Å². The minimum atomic E-state index is -0.545. The van der Waals surface area contributed by atoms with E-state index in [-0.39, 0.29) is 13.2 Å². The highest BCUT2D eigenvalue weighted by atomic mass is 19.1. The number of aryl methyl sites for hydroxylation is 4. The van der Waals surface area contributed by atoms with Crippen molar-refractivity contribution < 1.29 is 23.5 Å². The summed E-state index contributed by atoms with van der Waals surface area (Å²) in [6, 6.07) is 5.89. The highest BCUT2D eigenvalue weighted by Gasteiger charge is 2.22. The van der Waals surface area contributed by atoms with Crippen LogP contribution in [0, 0.1) is 19.7 Å². The Kier molecular flexibility index (Phi) is 6.29. The van der Waals surface area contributed by atoms with Crippen molar-refractivity contribution in [2.75, 3.05) is 13.2 Å². The molecule has 158 valence electrons. The van der Waals surface area contributed by atoms with Crippen LogP contribution in [0.1, 0.15) is 43.6 Å². The summed E-state index contributed by atoms with van der Waals surface area (Å²) in [7, 11) is 3.42. The first-order valence-electron chi connectivity index (χ1n) is 9.34. The quantitative estimate of drug-likeness (QED) is 0.553. The molecular formula is C21H23FN4O4. The van der Waals surface area contributed by atoms with Crippen molar-refractivity contribution in [1.82, 2.24) is 19.6 Å². The molecule has 0 spiro atoms. The summed E-state index contributed by atoms with van der Waals surface area (Å²) in [5.74, 6) is -2.06. The van der Waals surface area contributed by atoms with Crippen LogP contribution in [0.25, 0.3) is 0 Å². The van der Waals surface area contributed by atoms with Gasteiger partial charge in [-0.3, -0.25) is 9.36 Å². The molecule has 2 heterocycles. The molecule has 9 heteroatoms. The molecule has 2 aromatic heterocycles. The molecular weight excluding hydrogens is 391 g/mol. The van der Waals surface area contributed by atoms with Crippen LogP contribution in [-0.4, -0.2) is 44.7 Å². The average Bonchev–Trinajstić information content (AvgIpc) is 3.21. The maximum Gasteiger partial charge on any atom is 0.341 e. The number of esters is 2. The number of hydrogen-bond donors (Lipinski definition) is 0. The van der Waals surface area contributed by atoms with E-state index in [0.717, 1.165) is 0 Å². The van der Waals surface area contributed by atoms with E-state index in [1.165, 1.54) is 21.5 Å². The SMILES string of the molecule is Cc1nn(C)cc1C(=O)OCC(COC(=O)c1cn(C)nc1C)c1cccc(F)c1. The predicted molar refractivity (Wildman–Crippen MR) is 106 cm³/mol. The fourth-order valence-electron chi connectivity index (χ4n) is 3.11. The van der Waals surface area contributed by atoms with Crippen molar-refractivity contribution in [2.45, 2.75) is 19.8 Å². The molecule has 0 amide bonds. The zero-order chi connectivity index (χ0) is 21.8. The summed E-state index contributed by atoms with van der Waals surface area (Å²) >= 11 is 0. The van der Waals surface area contributed by atoms with Crippen LogP contribution >= 0.6 is 0 Å². The van der Waals surface area contributed by atoms with E-state index in [9.17, 15) is 14.0 Å². The van der Waals surface area contributed by atoms with Crippen LogP contribution in [0.3, 0.4) is 0 Å². The zero-order valence-electron chi connectivity index (χ0n) is 17.3. The highest BCUT2D eigenvalue weighted by molar-refractivity contribution is 5.90. The molecule has 0 N–H and O–H groups in total. The summed E-state index contributed by atoms with van der Waals surface area (Å²) in [5.41, 5.74) is 2.34. The molecule has 0 saturated heterocycles. The first kappa shape index (κ1) is 21.2. The largest absolute Gasteiger partial charge is 0.461 e. The van der Waals surface area contributed by atoms with E-state index in [0.29, 0.717) is 28.1 Å². The van der Waals surface area contributed by atoms with Gasteiger partial charge in [0.2, 0.25) is 0 Å². The molecule has 0 aliphatic heterocycles. The lowest BCUT2D eigenvalue weighted by Gasteiger charge is -2.17. The van der Waals surface area contributed by atoms with Gasteiger partial charge in [0.15, 0.2) is 0 Å². The number of carbonyl (C=O) groups is 2. The van der Waals surface area contributed by atoms with E-state index in [2.05, 4.69) is 10.2 Å². The van der Waals surface area contributed by atoms with Crippen LogP contribution < -0.4 is 0 Å². The topological polar surface area (TPSA) is 88.2 Å². The van der Waals surface area contributed by atoms with Crippen LogP contribution in [0.15, 0.2) is 36.7 Å². The van der Waals surface area contributed by atoms with Gasteiger partial charge in [-0.1, -0.05) is 12.1 Å². The number of ether oxygens (including phenoxy) is 2. The van der Waals surface area contributed by atoms with Crippen molar-refractivity contribution in [2.24, 2.45) is 14.1 Å². The number of hydrogen-bond acceptors (Lipinski definition) is 6. The Morgan fingerprint density at radius 2 is 1.47 bits per heavy atom. The summed E-state index contributed by atoms with van der Waals surface area (Å²) in [5, 5.41) is 8.24. The molecule has 3 rings (SSSR count). The molecule has 0 fully saturated rings. The number of carbonyl (C=O) groups excluding carboxylic acids is 2. The van der Waals surface area contributed by atoms with Crippen LogP contribution in [0.4, 0.5) is 4.39 Å². The predicted octanol–water partition coefficient (Wildman–Crippen LogP) is 2.71. The number of benzene rings is 1. The Balaban J connectivity index is 1.72. The maximum absolute atomic E-state index is 13.7. The van der Waals surface area contributed by atoms with Crippen LogP contribution in [-0.2, 0) is 23.6 Å². The van der Waals surface area contributed by atoms with Crippen LogP contribution in [0.5, 0.6) is 0 Å². The van der Waals surface area contributed by atoms with E-state index < -0.39 is 23.7 Å². The second-order valence-corrected chi connectivity index (χ2v) is 7.05. The van der Waals surface area contributed by atoms with Crippen molar-refractivity contribution in [3.05, 3.63) is 70.6 Å². The lowest BCUT2D eigenvalue weighted by molar-refractivity contribution is 0.0346. The smallest absolute Gasteiger partial charge is 0.341 e. The van der Waals surface area contributed by atoms with E-state index >= 15 is 0 Å². The van der Waals surface area contributed by atoms with Crippen molar-refractivity contribution in [3.8, 4) is 0 Å². The van der Waals surface area contributed by atoms with Gasteiger partial charge in [-0.15, -0.1) is 0 Å². The summed E-state index contributed by atoms with van der Waals surface area (Å²) < 4.78 is 27.6. The average molecular weight is 414 g/mol. The minimum absolute atomic E-state index is 0.0874. The zero-order valence-corrected chi connectivity index (χ0v) is 17.3. The molecule has 3 aromatic rings. The van der Waals surface area contributed by atoms with Gasteiger partial charge < -0.3 is 9.47 Å². The minimum Gasteiger partial charge on any atom is -0.461 e. The third kappa shape index (κ3) is 4.91. The second kappa shape index (κ2) is 8.89.